The zero-order chi connectivity index (χ0) is 45.8. The molecule has 0 saturated carbocycles. The number of hydrogen-bond donors (Lipinski definition) is 0. The zero-order valence-electron chi connectivity index (χ0n) is 38.3. The minimum absolute atomic E-state index is 0.116. The third-order valence-corrected chi connectivity index (χ3v) is 14.7. The van der Waals surface area contributed by atoms with Crippen LogP contribution in [0.4, 0.5) is 34.1 Å². The Hall–Kier alpha value is -8.86. The average Bonchev–Trinajstić information content (AvgIpc) is 3.85. The van der Waals surface area contributed by atoms with Crippen molar-refractivity contribution >= 4 is 77.5 Å². The molecule has 326 valence electrons. The molecule has 2 heterocycles. The van der Waals surface area contributed by atoms with E-state index in [2.05, 4.69) is 265 Å². The SMILES string of the molecule is CC1(C)c2ccccc2-c2ccc(N(c3ccccc3)c3ccc4c(c3)Oc3cccc5c3c-4cc3ccc(N(c4ccccc4)c4ccc6c(c4)c4ccccc4n6-c4ccccc4)cc35)cc21. The molecule has 0 fully saturated rings. The van der Waals surface area contributed by atoms with Crippen LogP contribution in [0.3, 0.4) is 0 Å². The van der Waals surface area contributed by atoms with E-state index >= 15 is 0 Å². The molecule has 0 saturated heterocycles. The first kappa shape index (κ1) is 39.3. The Bertz CT molecular complexity index is 4020. The summed E-state index contributed by atoms with van der Waals surface area (Å²) >= 11 is 0. The number of para-hydroxylation sites is 4. The highest BCUT2D eigenvalue weighted by atomic mass is 16.5. The van der Waals surface area contributed by atoms with Crippen LogP contribution in [0.1, 0.15) is 25.0 Å². The molecule has 1 aliphatic carbocycles. The predicted octanol–water partition coefficient (Wildman–Crippen LogP) is 18.1. The van der Waals surface area contributed by atoms with Gasteiger partial charge in [-0.05, 0) is 153 Å². The normalized spacial score (nSPS) is 13.0. The first-order valence-electron chi connectivity index (χ1n) is 23.8. The molecule has 12 aromatic rings. The van der Waals surface area contributed by atoms with Crippen LogP contribution < -0.4 is 14.5 Å². The molecule has 0 N–H and O–H groups in total. The third-order valence-electron chi connectivity index (χ3n) is 14.7. The Morgan fingerprint density at radius 3 is 1.68 bits per heavy atom. The average molecular weight is 884 g/mol. The van der Waals surface area contributed by atoms with Crippen molar-refractivity contribution < 1.29 is 4.74 Å². The molecule has 1 aliphatic heterocycles. The highest BCUT2D eigenvalue weighted by Gasteiger charge is 2.36. The topological polar surface area (TPSA) is 20.6 Å². The highest BCUT2D eigenvalue weighted by molar-refractivity contribution is 6.18. The molecule has 4 heteroatoms. The molecule has 4 nitrogen and oxygen atoms in total. The minimum Gasteiger partial charge on any atom is -0.456 e. The fourth-order valence-electron chi connectivity index (χ4n) is 11.5. The van der Waals surface area contributed by atoms with Crippen molar-refractivity contribution in [2.24, 2.45) is 0 Å². The molecule has 14 rings (SSSR count). The van der Waals surface area contributed by atoms with Crippen molar-refractivity contribution in [3.8, 4) is 39.4 Å². The second-order valence-corrected chi connectivity index (χ2v) is 18.9. The maximum absolute atomic E-state index is 7.00. The number of anilines is 6. The van der Waals surface area contributed by atoms with Gasteiger partial charge >= 0.3 is 0 Å². The van der Waals surface area contributed by atoms with Crippen molar-refractivity contribution in [3.05, 3.63) is 248 Å². The summed E-state index contributed by atoms with van der Waals surface area (Å²) in [6, 6.07) is 86.0. The molecular weight excluding hydrogens is 839 g/mol. The summed E-state index contributed by atoms with van der Waals surface area (Å²) in [7, 11) is 0. The Morgan fingerprint density at radius 2 is 0.913 bits per heavy atom. The monoisotopic (exact) mass is 883 g/mol. The van der Waals surface area contributed by atoms with Gasteiger partial charge in [-0.15, -0.1) is 0 Å². The summed E-state index contributed by atoms with van der Waals surface area (Å²) in [5.41, 5.74) is 17.5. The fourth-order valence-corrected chi connectivity index (χ4v) is 11.5. The van der Waals surface area contributed by atoms with E-state index in [1.165, 1.54) is 65.8 Å². The smallest absolute Gasteiger partial charge is 0.137 e. The first-order valence-corrected chi connectivity index (χ1v) is 23.8. The lowest BCUT2D eigenvalue weighted by Gasteiger charge is -2.30. The summed E-state index contributed by atoms with van der Waals surface area (Å²) in [6.07, 6.45) is 0. The highest BCUT2D eigenvalue weighted by Crippen LogP contribution is 2.53. The van der Waals surface area contributed by atoms with Crippen molar-refractivity contribution in [2.45, 2.75) is 19.3 Å². The molecular formula is C65H45N3O. The van der Waals surface area contributed by atoms with Crippen LogP contribution in [0.25, 0.3) is 71.3 Å². The Labute approximate surface area is 401 Å². The van der Waals surface area contributed by atoms with Gasteiger partial charge in [0.05, 0.1) is 11.0 Å². The van der Waals surface area contributed by atoms with Gasteiger partial charge in [-0.2, -0.15) is 0 Å². The largest absolute Gasteiger partial charge is 0.456 e. The summed E-state index contributed by atoms with van der Waals surface area (Å²) < 4.78 is 9.37. The van der Waals surface area contributed by atoms with Crippen LogP contribution >= 0.6 is 0 Å². The lowest BCUT2D eigenvalue weighted by atomic mass is 9.82. The van der Waals surface area contributed by atoms with E-state index in [9.17, 15) is 0 Å². The molecule has 0 amide bonds. The Balaban J connectivity index is 0.887. The van der Waals surface area contributed by atoms with Gasteiger partial charge in [0.15, 0.2) is 0 Å². The van der Waals surface area contributed by atoms with Crippen LogP contribution in [0.5, 0.6) is 11.5 Å². The molecule has 2 aliphatic rings. The Morgan fingerprint density at radius 1 is 0.348 bits per heavy atom. The molecule has 0 bridgehead atoms. The van der Waals surface area contributed by atoms with Crippen LogP contribution in [-0.4, -0.2) is 4.57 Å². The second kappa shape index (κ2) is 15.1. The molecule has 11 aromatic carbocycles. The standard InChI is InChI=1S/C65H45N3O/c1-65(2)58-26-14-12-23-50(58)51-34-31-48(40-59(51)65)67(44-19-8-4-9-20-44)49-32-35-53-57-37-42-29-30-46(38-55(42)54-25-16-28-62(64(54)57)69-63(53)41-49)66(43-17-6-3-7-18-43)47-33-36-61-56(39-47)52-24-13-15-27-60(52)68(61)45-21-10-5-11-22-45/h3-41H,1-2H3. The van der Waals surface area contributed by atoms with Crippen LogP contribution in [0, 0.1) is 0 Å². The van der Waals surface area contributed by atoms with E-state index < -0.39 is 0 Å². The van der Waals surface area contributed by atoms with Gasteiger partial charge in [-0.3, -0.25) is 0 Å². The van der Waals surface area contributed by atoms with Gasteiger partial charge < -0.3 is 19.1 Å². The van der Waals surface area contributed by atoms with E-state index in [1.807, 2.05) is 0 Å². The van der Waals surface area contributed by atoms with E-state index in [-0.39, 0.29) is 5.41 Å². The minimum atomic E-state index is -0.116. The number of rotatable bonds is 7. The summed E-state index contributed by atoms with van der Waals surface area (Å²) in [5, 5.41) is 7.09. The van der Waals surface area contributed by atoms with Crippen molar-refractivity contribution in [2.75, 3.05) is 9.80 Å². The molecule has 69 heavy (non-hydrogen) atoms. The lowest BCUT2D eigenvalue weighted by molar-refractivity contribution is 0.487. The van der Waals surface area contributed by atoms with Gasteiger partial charge in [-0.25, -0.2) is 0 Å². The summed E-state index contributed by atoms with van der Waals surface area (Å²) in [6.45, 7) is 4.69. The van der Waals surface area contributed by atoms with Crippen molar-refractivity contribution in [3.63, 3.8) is 0 Å². The van der Waals surface area contributed by atoms with Gasteiger partial charge in [0.25, 0.3) is 0 Å². The predicted molar refractivity (Wildman–Crippen MR) is 288 cm³/mol. The molecule has 1 aromatic heterocycles. The van der Waals surface area contributed by atoms with E-state index in [0.29, 0.717) is 0 Å². The van der Waals surface area contributed by atoms with Gasteiger partial charge in [0.2, 0.25) is 0 Å². The quantitative estimate of drug-likeness (QED) is 0.149. The Kier molecular flexibility index (Phi) is 8.59. The number of hydrogen-bond acceptors (Lipinski definition) is 3. The molecule has 0 spiro atoms. The van der Waals surface area contributed by atoms with Crippen LogP contribution in [-0.2, 0) is 5.41 Å². The van der Waals surface area contributed by atoms with Gasteiger partial charge in [-0.1, -0.05) is 135 Å². The maximum Gasteiger partial charge on any atom is 0.137 e. The number of benzene rings is 11. The van der Waals surface area contributed by atoms with Gasteiger partial charge in [0.1, 0.15) is 11.5 Å². The van der Waals surface area contributed by atoms with Gasteiger partial charge in [0, 0.05) is 73.0 Å². The summed E-state index contributed by atoms with van der Waals surface area (Å²) in [5.74, 6) is 1.71. The number of ether oxygens (including phenoxy) is 1. The van der Waals surface area contributed by atoms with Crippen LogP contribution in [0.15, 0.2) is 237 Å². The van der Waals surface area contributed by atoms with E-state index in [0.717, 1.165) is 62.3 Å². The van der Waals surface area contributed by atoms with Crippen molar-refractivity contribution in [1.29, 1.82) is 0 Å². The fraction of sp³-hybridized carbons (Fsp3) is 0.0462. The first-order chi connectivity index (χ1) is 34.0. The van der Waals surface area contributed by atoms with E-state index in [1.54, 1.807) is 0 Å². The van der Waals surface area contributed by atoms with Crippen LogP contribution in [0.2, 0.25) is 0 Å². The van der Waals surface area contributed by atoms with Crippen molar-refractivity contribution in [1.82, 2.24) is 4.57 Å². The van der Waals surface area contributed by atoms with E-state index in [4.69, 9.17) is 4.74 Å². The maximum atomic E-state index is 7.00. The number of nitrogens with zero attached hydrogens (tertiary/aromatic N) is 3. The zero-order valence-corrected chi connectivity index (χ0v) is 38.3. The molecule has 0 atom stereocenters. The third kappa shape index (κ3) is 6.02. The second-order valence-electron chi connectivity index (χ2n) is 18.9. The number of aromatic nitrogens is 1. The molecule has 0 unspecified atom stereocenters. The number of fused-ring (bicyclic) bond motifs is 10. The lowest BCUT2D eigenvalue weighted by Crippen LogP contribution is -2.16. The molecule has 0 radical (unpaired) electrons. The summed E-state index contributed by atoms with van der Waals surface area (Å²) in [4.78, 5) is 4.74.